The lowest BCUT2D eigenvalue weighted by atomic mass is 9.85. The van der Waals surface area contributed by atoms with Gasteiger partial charge in [-0.1, -0.05) is 43.7 Å². The van der Waals surface area contributed by atoms with Gasteiger partial charge in [-0.25, -0.2) is 4.98 Å². The summed E-state index contributed by atoms with van der Waals surface area (Å²) in [4.78, 5) is 16.5. The van der Waals surface area contributed by atoms with Gasteiger partial charge >= 0.3 is 0 Å². The summed E-state index contributed by atoms with van der Waals surface area (Å²) in [6.07, 6.45) is 3.22. The molecule has 100 valence electrons. The Morgan fingerprint density at radius 1 is 1.42 bits per heavy atom. The van der Waals surface area contributed by atoms with Gasteiger partial charge in [0.25, 0.3) is 0 Å². The molecule has 1 N–H and O–H groups in total. The summed E-state index contributed by atoms with van der Waals surface area (Å²) in [5.74, 6) is 0.786. The number of carbonyl (C=O) groups excluding carboxylic acids is 1. The molecule has 19 heavy (non-hydrogen) atoms. The Hall–Kier alpha value is -1.42. The minimum Gasteiger partial charge on any atom is -0.302 e. The van der Waals surface area contributed by atoms with Crippen LogP contribution in [0.3, 0.4) is 0 Å². The van der Waals surface area contributed by atoms with Gasteiger partial charge in [-0.3, -0.25) is 4.79 Å². The molecule has 1 fully saturated rings. The fourth-order valence-corrected chi connectivity index (χ4v) is 3.27. The van der Waals surface area contributed by atoms with Crippen LogP contribution in [0, 0.1) is 5.92 Å². The molecule has 1 aliphatic rings. The monoisotopic (exact) mass is 274 g/mol. The summed E-state index contributed by atoms with van der Waals surface area (Å²) in [7, 11) is 0. The van der Waals surface area contributed by atoms with Crippen molar-refractivity contribution in [3.05, 3.63) is 23.8 Å². The zero-order valence-electron chi connectivity index (χ0n) is 11.3. The predicted octanol–water partition coefficient (Wildman–Crippen LogP) is 4.16. The Balaban J connectivity index is 1.88. The van der Waals surface area contributed by atoms with Gasteiger partial charge in [0.05, 0.1) is 10.2 Å². The highest BCUT2D eigenvalue weighted by Crippen LogP contribution is 2.33. The number of aromatic nitrogens is 1. The number of benzene rings is 1. The Morgan fingerprint density at radius 3 is 2.84 bits per heavy atom. The SMILES string of the molecule is CC(C)c1cccc2sc(NC(=O)C3CCC3)nc12. The normalized spacial score (nSPS) is 15.7. The number of thiazole rings is 1. The van der Waals surface area contributed by atoms with Crippen molar-refractivity contribution in [2.45, 2.75) is 39.0 Å². The molecular formula is C15H18N2OS. The predicted molar refractivity (Wildman–Crippen MR) is 79.7 cm³/mol. The highest BCUT2D eigenvalue weighted by Gasteiger charge is 2.26. The molecule has 0 aliphatic heterocycles. The fourth-order valence-electron chi connectivity index (χ4n) is 2.37. The van der Waals surface area contributed by atoms with Crippen LogP contribution in [0.25, 0.3) is 10.2 Å². The van der Waals surface area contributed by atoms with E-state index in [9.17, 15) is 4.79 Å². The number of fused-ring (bicyclic) bond motifs is 1. The van der Waals surface area contributed by atoms with E-state index in [0.29, 0.717) is 5.92 Å². The summed E-state index contributed by atoms with van der Waals surface area (Å²) in [6, 6.07) is 6.25. The molecule has 0 bridgehead atoms. The maximum absolute atomic E-state index is 11.9. The van der Waals surface area contributed by atoms with Gasteiger partial charge in [0.15, 0.2) is 5.13 Å². The highest BCUT2D eigenvalue weighted by atomic mass is 32.1. The van der Waals surface area contributed by atoms with E-state index < -0.39 is 0 Å². The number of hydrogen-bond acceptors (Lipinski definition) is 3. The molecule has 0 saturated heterocycles. The van der Waals surface area contributed by atoms with Gasteiger partial charge in [-0.05, 0) is 30.4 Å². The van der Waals surface area contributed by atoms with E-state index in [0.717, 1.165) is 28.2 Å². The number of rotatable bonds is 3. The lowest BCUT2D eigenvalue weighted by Crippen LogP contribution is -2.27. The fraction of sp³-hybridized carbons (Fsp3) is 0.467. The molecule has 0 radical (unpaired) electrons. The van der Waals surface area contributed by atoms with Crippen molar-refractivity contribution < 1.29 is 4.79 Å². The quantitative estimate of drug-likeness (QED) is 0.913. The zero-order chi connectivity index (χ0) is 13.4. The van der Waals surface area contributed by atoms with Crippen molar-refractivity contribution in [1.29, 1.82) is 0 Å². The van der Waals surface area contributed by atoms with Gasteiger partial charge in [0.2, 0.25) is 5.91 Å². The van der Waals surface area contributed by atoms with Crippen molar-refractivity contribution in [2.75, 3.05) is 5.32 Å². The van der Waals surface area contributed by atoms with E-state index in [1.54, 1.807) is 11.3 Å². The number of para-hydroxylation sites is 1. The third-order valence-corrected chi connectivity index (χ3v) is 4.71. The average molecular weight is 274 g/mol. The molecule has 1 saturated carbocycles. The largest absolute Gasteiger partial charge is 0.302 e. The molecule has 4 heteroatoms. The van der Waals surface area contributed by atoms with Crippen molar-refractivity contribution >= 4 is 32.6 Å². The molecule has 1 heterocycles. The molecule has 0 spiro atoms. The van der Waals surface area contributed by atoms with Crippen LogP contribution in [-0.4, -0.2) is 10.9 Å². The minimum atomic E-state index is 0.136. The van der Waals surface area contributed by atoms with Crippen LogP contribution in [0.4, 0.5) is 5.13 Å². The second-order valence-corrected chi connectivity index (χ2v) is 6.52. The molecule has 3 rings (SSSR count). The summed E-state index contributed by atoms with van der Waals surface area (Å²) >= 11 is 1.57. The summed E-state index contributed by atoms with van der Waals surface area (Å²) in [5.41, 5.74) is 2.28. The number of anilines is 1. The van der Waals surface area contributed by atoms with Crippen LogP contribution >= 0.6 is 11.3 Å². The summed E-state index contributed by atoms with van der Waals surface area (Å²) in [5, 5.41) is 3.70. The number of hydrogen-bond donors (Lipinski definition) is 1. The van der Waals surface area contributed by atoms with Gasteiger partial charge in [-0.2, -0.15) is 0 Å². The standard InChI is InChI=1S/C15H18N2OS/c1-9(2)11-7-4-8-12-13(11)16-15(19-12)17-14(18)10-5-3-6-10/h4,7-10H,3,5-6H2,1-2H3,(H,16,17,18). The summed E-state index contributed by atoms with van der Waals surface area (Å²) in [6.45, 7) is 4.33. The molecule has 3 nitrogen and oxygen atoms in total. The lowest BCUT2D eigenvalue weighted by Gasteiger charge is -2.23. The first-order chi connectivity index (χ1) is 9.15. The van der Waals surface area contributed by atoms with Crippen molar-refractivity contribution in [2.24, 2.45) is 5.92 Å². The summed E-state index contributed by atoms with van der Waals surface area (Å²) < 4.78 is 1.15. The number of carbonyl (C=O) groups is 1. The van der Waals surface area contributed by atoms with Crippen LogP contribution in [0.5, 0.6) is 0 Å². The number of nitrogens with zero attached hydrogens (tertiary/aromatic N) is 1. The second-order valence-electron chi connectivity index (χ2n) is 5.48. The molecule has 1 amide bonds. The van der Waals surface area contributed by atoms with Crippen LogP contribution in [-0.2, 0) is 4.79 Å². The maximum atomic E-state index is 11.9. The molecule has 1 aromatic carbocycles. The van der Waals surface area contributed by atoms with E-state index in [-0.39, 0.29) is 11.8 Å². The van der Waals surface area contributed by atoms with E-state index in [2.05, 4.69) is 42.3 Å². The van der Waals surface area contributed by atoms with Crippen molar-refractivity contribution in [3.8, 4) is 0 Å². The second kappa shape index (κ2) is 4.93. The smallest absolute Gasteiger partial charge is 0.229 e. The molecule has 1 aromatic heterocycles. The Labute approximate surface area is 117 Å². The molecule has 0 atom stereocenters. The Morgan fingerprint density at radius 2 is 2.21 bits per heavy atom. The first-order valence-electron chi connectivity index (χ1n) is 6.85. The minimum absolute atomic E-state index is 0.136. The van der Waals surface area contributed by atoms with Crippen LogP contribution < -0.4 is 5.32 Å². The highest BCUT2D eigenvalue weighted by molar-refractivity contribution is 7.22. The van der Waals surface area contributed by atoms with Crippen molar-refractivity contribution in [1.82, 2.24) is 4.98 Å². The topological polar surface area (TPSA) is 42.0 Å². The van der Waals surface area contributed by atoms with E-state index >= 15 is 0 Å². The van der Waals surface area contributed by atoms with Crippen LogP contribution in [0.2, 0.25) is 0 Å². The number of amides is 1. The van der Waals surface area contributed by atoms with E-state index in [1.807, 2.05) is 0 Å². The maximum Gasteiger partial charge on any atom is 0.229 e. The molecule has 1 aliphatic carbocycles. The third kappa shape index (κ3) is 2.37. The first-order valence-corrected chi connectivity index (χ1v) is 7.67. The van der Waals surface area contributed by atoms with Gasteiger partial charge in [-0.15, -0.1) is 0 Å². The van der Waals surface area contributed by atoms with Crippen molar-refractivity contribution in [3.63, 3.8) is 0 Å². The molecular weight excluding hydrogens is 256 g/mol. The Bertz CT molecular complexity index is 614. The van der Waals surface area contributed by atoms with E-state index in [4.69, 9.17) is 0 Å². The van der Waals surface area contributed by atoms with Gasteiger partial charge in [0, 0.05) is 5.92 Å². The zero-order valence-corrected chi connectivity index (χ0v) is 12.1. The van der Waals surface area contributed by atoms with Crippen LogP contribution in [0.1, 0.15) is 44.6 Å². The van der Waals surface area contributed by atoms with Gasteiger partial charge < -0.3 is 5.32 Å². The first kappa shape index (κ1) is 12.6. The average Bonchev–Trinajstić information content (AvgIpc) is 2.67. The van der Waals surface area contributed by atoms with E-state index in [1.165, 1.54) is 12.0 Å². The number of nitrogens with one attached hydrogen (secondary N) is 1. The van der Waals surface area contributed by atoms with Gasteiger partial charge in [0.1, 0.15) is 0 Å². The molecule has 0 unspecified atom stereocenters. The van der Waals surface area contributed by atoms with Crippen LogP contribution in [0.15, 0.2) is 18.2 Å². The molecule has 2 aromatic rings. The third-order valence-electron chi connectivity index (χ3n) is 3.78. The Kier molecular flexibility index (Phi) is 3.27. The lowest BCUT2D eigenvalue weighted by molar-refractivity contribution is -0.122.